The summed E-state index contributed by atoms with van der Waals surface area (Å²) in [6, 6.07) is 89.5. The molecule has 0 aliphatic rings. The molecule has 5 nitrogen and oxygen atoms in total. The van der Waals surface area contributed by atoms with Gasteiger partial charge in [-0.2, -0.15) is 0 Å². The van der Waals surface area contributed by atoms with Crippen molar-refractivity contribution in [3.8, 4) is 67.5 Å². The lowest BCUT2D eigenvalue weighted by Crippen LogP contribution is -2.02. The number of hydrogen-bond donors (Lipinski definition) is 0. The van der Waals surface area contributed by atoms with Crippen molar-refractivity contribution in [3.05, 3.63) is 254 Å². The highest BCUT2D eigenvalue weighted by Crippen LogP contribution is 2.50. The van der Waals surface area contributed by atoms with Gasteiger partial charge in [-0.05, 0) is 96.4 Å². The number of fused-ring (bicyclic) bond motifs is 13. The molecular formula is C71H44N4OS. The second-order valence-corrected chi connectivity index (χ2v) is 21.1. The third kappa shape index (κ3) is 6.65. The summed E-state index contributed by atoms with van der Waals surface area (Å²) in [5, 5.41) is 9.28. The average molecular weight is 1000 g/mol. The van der Waals surface area contributed by atoms with Crippen molar-refractivity contribution in [1.82, 2.24) is 19.1 Å². The summed E-state index contributed by atoms with van der Waals surface area (Å²) in [5.41, 5.74) is 18.5. The summed E-state index contributed by atoms with van der Waals surface area (Å²) in [6.07, 6.45) is 0. The van der Waals surface area contributed by atoms with Crippen LogP contribution in [0.5, 0.6) is 0 Å². The Morgan fingerprint density at radius 2 is 1.00 bits per heavy atom. The van der Waals surface area contributed by atoms with Gasteiger partial charge in [0.15, 0.2) is 11.4 Å². The van der Waals surface area contributed by atoms with Gasteiger partial charge in [-0.25, -0.2) is 9.97 Å². The summed E-state index contributed by atoms with van der Waals surface area (Å²) >= 11 is 1.86. The van der Waals surface area contributed by atoms with Gasteiger partial charge in [0, 0.05) is 86.0 Å². The minimum absolute atomic E-state index is 0.661. The van der Waals surface area contributed by atoms with E-state index >= 15 is 0 Å². The fourth-order valence-corrected chi connectivity index (χ4v) is 13.3. The first-order valence-electron chi connectivity index (χ1n) is 26.1. The fourth-order valence-electron chi connectivity index (χ4n) is 12.3. The molecule has 0 N–H and O–H groups in total. The largest absolute Gasteiger partial charge is 0.454 e. The van der Waals surface area contributed by atoms with E-state index in [1.807, 2.05) is 11.3 Å². The quantitative estimate of drug-likeness (QED) is 0.160. The highest BCUT2D eigenvalue weighted by atomic mass is 32.1. The van der Waals surface area contributed by atoms with Crippen molar-refractivity contribution >= 4 is 97.1 Å². The Bertz CT molecular complexity index is 5050. The third-order valence-electron chi connectivity index (χ3n) is 15.7. The molecule has 5 heterocycles. The van der Waals surface area contributed by atoms with Crippen molar-refractivity contribution in [2.75, 3.05) is 0 Å². The summed E-state index contributed by atoms with van der Waals surface area (Å²) in [6.45, 7) is 2.16. The summed E-state index contributed by atoms with van der Waals surface area (Å²) < 4.78 is 14.8. The number of hydrogen-bond acceptors (Lipinski definition) is 4. The maximum Gasteiger partial charge on any atom is 0.160 e. The van der Waals surface area contributed by atoms with Crippen molar-refractivity contribution in [2.45, 2.75) is 6.92 Å². The second-order valence-electron chi connectivity index (χ2n) is 20.0. The Morgan fingerprint density at radius 3 is 1.81 bits per heavy atom. The standard InChI is InChI=1S/C71H44N4OS/c1-43-66(45-22-7-3-8-23-45)72-71(48-25-19-24-46(40-48)44-20-5-2-6-21-44)73-67(43)54-37-38-60(70-64(54)53-31-13-17-34-61(53)76-70)75-58-32-15-11-28-50(58)57-42-55(47-36-39-63-56(41-47)51-29-14-18-35-62(51)77-63)68-65(69(57)75)52-30-12-16-33-59(52)74(68)49-26-9-4-10-27-49/h2-42H,1H3. The van der Waals surface area contributed by atoms with Crippen LogP contribution in [0.15, 0.2) is 253 Å². The van der Waals surface area contributed by atoms with Gasteiger partial charge in [0.05, 0.1) is 39.1 Å². The van der Waals surface area contributed by atoms with Crippen LogP contribution in [0.3, 0.4) is 0 Å². The van der Waals surface area contributed by atoms with E-state index in [-0.39, 0.29) is 0 Å². The molecule has 16 rings (SSSR count). The molecule has 0 aliphatic carbocycles. The zero-order chi connectivity index (χ0) is 50.7. The Balaban J connectivity index is 1.01. The third-order valence-corrected chi connectivity index (χ3v) is 16.8. The fraction of sp³-hybridized carbons (Fsp3) is 0.0141. The molecule has 16 aromatic rings. The minimum atomic E-state index is 0.661. The number of nitrogens with zero attached hydrogens (tertiary/aromatic N) is 4. The van der Waals surface area contributed by atoms with E-state index in [9.17, 15) is 0 Å². The predicted molar refractivity (Wildman–Crippen MR) is 323 cm³/mol. The summed E-state index contributed by atoms with van der Waals surface area (Å²) in [4.78, 5) is 11.0. The van der Waals surface area contributed by atoms with Gasteiger partial charge in [0.2, 0.25) is 0 Å². The molecule has 0 aliphatic heterocycles. The van der Waals surface area contributed by atoms with Crippen molar-refractivity contribution in [1.29, 1.82) is 0 Å². The molecule has 0 saturated carbocycles. The van der Waals surface area contributed by atoms with Crippen LogP contribution in [-0.2, 0) is 0 Å². The Labute approximate surface area is 446 Å². The van der Waals surface area contributed by atoms with Crippen LogP contribution < -0.4 is 0 Å². The molecule has 0 spiro atoms. The zero-order valence-corrected chi connectivity index (χ0v) is 42.6. The van der Waals surface area contributed by atoms with Crippen LogP contribution in [0.4, 0.5) is 0 Å². The lowest BCUT2D eigenvalue weighted by molar-refractivity contribution is 0.666. The smallest absolute Gasteiger partial charge is 0.160 e. The first-order valence-corrected chi connectivity index (χ1v) is 27.0. The maximum atomic E-state index is 7.27. The van der Waals surface area contributed by atoms with Crippen LogP contribution in [0.2, 0.25) is 0 Å². The minimum Gasteiger partial charge on any atom is -0.454 e. The zero-order valence-electron chi connectivity index (χ0n) is 41.8. The van der Waals surface area contributed by atoms with E-state index in [4.69, 9.17) is 14.4 Å². The lowest BCUT2D eigenvalue weighted by Gasteiger charge is -2.17. The predicted octanol–water partition coefficient (Wildman–Crippen LogP) is 19.6. The van der Waals surface area contributed by atoms with E-state index in [1.165, 1.54) is 52.8 Å². The van der Waals surface area contributed by atoms with E-state index in [0.29, 0.717) is 5.82 Å². The average Bonchev–Trinajstić information content (AvgIpc) is 4.26. The monoisotopic (exact) mass is 1000 g/mol. The molecule has 360 valence electrons. The topological polar surface area (TPSA) is 48.8 Å². The van der Waals surface area contributed by atoms with Gasteiger partial charge in [-0.3, -0.25) is 0 Å². The van der Waals surface area contributed by atoms with Crippen molar-refractivity contribution in [2.24, 2.45) is 0 Å². The molecule has 6 heteroatoms. The van der Waals surface area contributed by atoms with Crippen molar-refractivity contribution < 1.29 is 4.42 Å². The molecule has 0 saturated heterocycles. The number of thiophene rings is 1. The Hall–Kier alpha value is -9.88. The second kappa shape index (κ2) is 17.1. The SMILES string of the molecule is Cc1c(-c2ccccc2)nc(-c2cccc(-c3ccccc3)c2)nc1-c1ccc(-n2c3ccccc3c3cc(-c4ccc5sc6ccccc6c5c4)c4c(c5ccccc5n4-c4ccccc4)c32)c2oc3ccccc3c12. The normalized spacial score (nSPS) is 12.0. The Kier molecular flexibility index (Phi) is 9.65. The van der Waals surface area contributed by atoms with Gasteiger partial charge >= 0.3 is 0 Å². The highest BCUT2D eigenvalue weighted by molar-refractivity contribution is 7.25. The van der Waals surface area contributed by atoms with Crippen LogP contribution in [0, 0.1) is 6.92 Å². The molecule has 0 bridgehead atoms. The number of furan rings is 1. The molecule has 77 heavy (non-hydrogen) atoms. The lowest BCUT2D eigenvalue weighted by atomic mass is 9.96. The van der Waals surface area contributed by atoms with Crippen LogP contribution in [0.1, 0.15) is 5.56 Å². The molecule has 0 atom stereocenters. The van der Waals surface area contributed by atoms with Crippen LogP contribution in [0.25, 0.3) is 153 Å². The maximum absolute atomic E-state index is 7.27. The summed E-state index contributed by atoms with van der Waals surface area (Å²) in [7, 11) is 0. The number of aromatic nitrogens is 4. The molecule has 11 aromatic carbocycles. The Morgan fingerprint density at radius 1 is 0.377 bits per heavy atom. The van der Waals surface area contributed by atoms with E-state index in [1.54, 1.807) is 0 Å². The van der Waals surface area contributed by atoms with E-state index in [0.717, 1.165) is 100 Å². The molecule has 5 aromatic heterocycles. The van der Waals surface area contributed by atoms with Crippen molar-refractivity contribution in [3.63, 3.8) is 0 Å². The van der Waals surface area contributed by atoms with E-state index in [2.05, 4.69) is 265 Å². The summed E-state index contributed by atoms with van der Waals surface area (Å²) in [5.74, 6) is 0.661. The number of para-hydroxylation sites is 4. The molecule has 0 radical (unpaired) electrons. The molecule has 0 fully saturated rings. The van der Waals surface area contributed by atoms with Gasteiger partial charge in [0.1, 0.15) is 5.58 Å². The van der Waals surface area contributed by atoms with Gasteiger partial charge < -0.3 is 13.6 Å². The first kappa shape index (κ1) is 43.5. The van der Waals surface area contributed by atoms with E-state index < -0.39 is 0 Å². The number of rotatable bonds is 7. The first-order chi connectivity index (χ1) is 38.1. The van der Waals surface area contributed by atoms with Gasteiger partial charge in [0.25, 0.3) is 0 Å². The highest BCUT2D eigenvalue weighted by Gasteiger charge is 2.28. The molecular weight excluding hydrogens is 957 g/mol. The van der Waals surface area contributed by atoms with Crippen LogP contribution in [-0.4, -0.2) is 19.1 Å². The molecule has 0 amide bonds. The number of benzene rings is 11. The molecule has 0 unspecified atom stereocenters. The van der Waals surface area contributed by atoms with Gasteiger partial charge in [-0.15, -0.1) is 11.3 Å². The van der Waals surface area contributed by atoms with Crippen LogP contribution >= 0.6 is 11.3 Å². The van der Waals surface area contributed by atoms with Gasteiger partial charge in [-0.1, -0.05) is 176 Å².